The minimum atomic E-state index is -0.151. The molecule has 0 bridgehead atoms. The number of carbonyl (C=O) groups is 1. The molecule has 1 unspecified atom stereocenters. The van der Waals surface area contributed by atoms with Crippen LogP contribution >= 0.6 is 0 Å². The fourth-order valence-electron chi connectivity index (χ4n) is 5.34. The van der Waals surface area contributed by atoms with E-state index in [0.29, 0.717) is 5.92 Å². The molecule has 0 heterocycles. The van der Waals surface area contributed by atoms with Crippen molar-refractivity contribution in [2.24, 2.45) is 5.92 Å². The fraction of sp³-hybridized carbons (Fsp3) is 0.816. The third kappa shape index (κ3) is 26.1. The van der Waals surface area contributed by atoms with Crippen molar-refractivity contribution in [1.29, 1.82) is 0 Å². The van der Waals surface area contributed by atoms with Crippen molar-refractivity contribution < 1.29 is 9.53 Å². The van der Waals surface area contributed by atoms with Crippen LogP contribution in [0.1, 0.15) is 156 Å². The van der Waals surface area contributed by atoms with Gasteiger partial charge < -0.3 is 14.5 Å². The molecule has 4 nitrogen and oxygen atoms in total. The van der Waals surface area contributed by atoms with Crippen LogP contribution in [0, 0.1) is 5.92 Å². The summed E-state index contributed by atoms with van der Waals surface area (Å²) in [4.78, 5) is 17.1. The molecule has 0 aliphatic heterocycles. The first-order valence-electron chi connectivity index (χ1n) is 18.0. The van der Waals surface area contributed by atoms with Crippen LogP contribution in [0.5, 0.6) is 0 Å². The Morgan fingerprint density at radius 2 is 0.976 bits per heavy atom. The Labute approximate surface area is 263 Å². The van der Waals surface area contributed by atoms with E-state index >= 15 is 0 Å². The van der Waals surface area contributed by atoms with Gasteiger partial charge in [0.25, 0.3) is 0 Å². The Kier molecular flexibility index (Phi) is 29.8. The van der Waals surface area contributed by atoms with Gasteiger partial charge >= 0.3 is 6.09 Å². The van der Waals surface area contributed by atoms with E-state index < -0.39 is 0 Å². The zero-order valence-electron chi connectivity index (χ0n) is 29.1. The van der Waals surface area contributed by atoms with Gasteiger partial charge in [0.05, 0.1) is 0 Å². The Bertz CT molecular complexity index is 644. The normalized spacial score (nSPS) is 13.0. The quantitative estimate of drug-likeness (QED) is 0.0643. The molecule has 0 aromatic rings. The van der Waals surface area contributed by atoms with Crippen molar-refractivity contribution in [3.05, 3.63) is 36.5 Å². The van der Waals surface area contributed by atoms with E-state index in [-0.39, 0.29) is 12.2 Å². The van der Waals surface area contributed by atoms with E-state index in [0.717, 1.165) is 64.5 Å². The standard InChI is InChI=1S/C38H72N2O2/c1-7-10-13-16-19-22-24-27-31-36(32-28-25-23-20-17-14-11-8-2)37(33-29-26-21-18-15-12-9-3)42-38(41)40(6)35-30-34-39(4)5/h19-23,26,36-37H,7-18,24-25,27-35H2,1-6H3/b22-19+,23-20+,26-21+. The Morgan fingerprint density at radius 1 is 0.548 bits per heavy atom. The highest BCUT2D eigenvalue weighted by atomic mass is 16.6. The molecule has 1 atom stereocenters. The molecule has 0 saturated heterocycles. The topological polar surface area (TPSA) is 32.8 Å². The summed E-state index contributed by atoms with van der Waals surface area (Å²) in [5.41, 5.74) is 0. The van der Waals surface area contributed by atoms with E-state index in [9.17, 15) is 4.79 Å². The summed E-state index contributed by atoms with van der Waals surface area (Å²) in [5, 5.41) is 0. The molecule has 0 saturated carbocycles. The first-order chi connectivity index (χ1) is 20.5. The second kappa shape index (κ2) is 30.9. The molecular formula is C38H72N2O2. The van der Waals surface area contributed by atoms with Gasteiger partial charge in [-0.3, -0.25) is 0 Å². The van der Waals surface area contributed by atoms with E-state index in [1.165, 1.54) is 83.5 Å². The summed E-state index contributed by atoms with van der Waals surface area (Å²) < 4.78 is 6.33. The summed E-state index contributed by atoms with van der Waals surface area (Å²) in [6, 6.07) is 0. The van der Waals surface area contributed by atoms with Crippen molar-refractivity contribution in [1.82, 2.24) is 9.80 Å². The van der Waals surface area contributed by atoms with E-state index in [1.54, 1.807) is 4.90 Å². The number of allylic oxidation sites excluding steroid dienone is 6. The Hall–Kier alpha value is -1.55. The molecule has 0 aliphatic carbocycles. The summed E-state index contributed by atoms with van der Waals surface area (Å²) in [6.45, 7) is 8.49. The maximum Gasteiger partial charge on any atom is 0.409 e. The number of ether oxygens (including phenoxy) is 1. The molecule has 246 valence electrons. The number of rotatable bonds is 29. The van der Waals surface area contributed by atoms with Crippen LogP contribution in [-0.2, 0) is 4.74 Å². The molecule has 42 heavy (non-hydrogen) atoms. The van der Waals surface area contributed by atoms with Gasteiger partial charge in [0.2, 0.25) is 0 Å². The summed E-state index contributed by atoms with van der Waals surface area (Å²) in [6.07, 6.45) is 38.9. The third-order valence-corrected chi connectivity index (χ3v) is 8.12. The first kappa shape index (κ1) is 40.5. The van der Waals surface area contributed by atoms with Gasteiger partial charge in [-0.15, -0.1) is 0 Å². The van der Waals surface area contributed by atoms with Crippen molar-refractivity contribution in [2.75, 3.05) is 34.2 Å². The first-order valence-corrected chi connectivity index (χ1v) is 18.0. The average Bonchev–Trinajstić information content (AvgIpc) is 2.97. The molecule has 1 amide bonds. The highest BCUT2D eigenvalue weighted by Gasteiger charge is 2.25. The molecule has 0 aromatic heterocycles. The summed E-state index contributed by atoms with van der Waals surface area (Å²) in [5.74, 6) is 0.416. The van der Waals surface area contributed by atoms with Crippen molar-refractivity contribution in [3.8, 4) is 0 Å². The highest BCUT2D eigenvalue weighted by Crippen LogP contribution is 2.27. The lowest BCUT2D eigenvalue weighted by Crippen LogP contribution is -2.36. The van der Waals surface area contributed by atoms with Gasteiger partial charge in [0.15, 0.2) is 0 Å². The van der Waals surface area contributed by atoms with E-state index in [1.807, 2.05) is 7.05 Å². The lowest BCUT2D eigenvalue weighted by molar-refractivity contribution is 0.0288. The number of hydrogen-bond acceptors (Lipinski definition) is 3. The number of amides is 1. The van der Waals surface area contributed by atoms with Crippen LogP contribution < -0.4 is 0 Å². The van der Waals surface area contributed by atoms with Gasteiger partial charge in [-0.05, 0) is 123 Å². The van der Waals surface area contributed by atoms with Crippen LogP contribution in [0.3, 0.4) is 0 Å². The Balaban J connectivity index is 5.28. The molecular weight excluding hydrogens is 516 g/mol. The van der Waals surface area contributed by atoms with Crippen LogP contribution in [-0.4, -0.2) is 56.2 Å². The molecule has 0 aromatic carbocycles. The summed E-state index contributed by atoms with van der Waals surface area (Å²) in [7, 11) is 6.05. The fourth-order valence-corrected chi connectivity index (χ4v) is 5.34. The minimum absolute atomic E-state index is 0.0174. The maximum atomic E-state index is 13.2. The van der Waals surface area contributed by atoms with Gasteiger partial charge in [0.1, 0.15) is 6.10 Å². The molecule has 4 heteroatoms. The predicted octanol–water partition coefficient (Wildman–Crippen LogP) is 11.5. The molecule has 0 rings (SSSR count). The molecule has 0 fully saturated rings. The number of nitrogens with zero attached hydrogens (tertiary/aromatic N) is 2. The van der Waals surface area contributed by atoms with E-state index in [2.05, 4.69) is 76.2 Å². The SMILES string of the molecule is CCCCC/C=C/CCCC(CCC/C=C/CCCCC)C(CC/C=C/CCCCC)OC(=O)N(C)CCCN(C)C. The maximum absolute atomic E-state index is 13.2. The van der Waals surface area contributed by atoms with E-state index in [4.69, 9.17) is 4.74 Å². The van der Waals surface area contributed by atoms with Gasteiger partial charge in [-0.1, -0.05) is 95.8 Å². The Morgan fingerprint density at radius 3 is 1.40 bits per heavy atom. The molecule has 0 radical (unpaired) electrons. The predicted molar refractivity (Wildman–Crippen MR) is 186 cm³/mol. The van der Waals surface area contributed by atoms with Crippen LogP contribution in [0.25, 0.3) is 0 Å². The van der Waals surface area contributed by atoms with Gasteiger partial charge in [0, 0.05) is 13.6 Å². The van der Waals surface area contributed by atoms with Crippen molar-refractivity contribution >= 4 is 6.09 Å². The second-order valence-corrected chi connectivity index (χ2v) is 12.6. The average molecular weight is 589 g/mol. The molecule has 0 aliphatic rings. The zero-order chi connectivity index (χ0) is 31.1. The largest absolute Gasteiger partial charge is 0.446 e. The monoisotopic (exact) mass is 589 g/mol. The second-order valence-electron chi connectivity index (χ2n) is 12.6. The van der Waals surface area contributed by atoms with Crippen molar-refractivity contribution in [2.45, 2.75) is 162 Å². The minimum Gasteiger partial charge on any atom is -0.446 e. The van der Waals surface area contributed by atoms with Gasteiger partial charge in [-0.2, -0.15) is 0 Å². The lowest BCUT2D eigenvalue weighted by Gasteiger charge is -2.29. The zero-order valence-corrected chi connectivity index (χ0v) is 29.1. The molecule has 0 N–H and O–H groups in total. The number of hydrogen-bond donors (Lipinski definition) is 0. The van der Waals surface area contributed by atoms with Crippen molar-refractivity contribution in [3.63, 3.8) is 0 Å². The summed E-state index contributed by atoms with van der Waals surface area (Å²) >= 11 is 0. The number of unbranched alkanes of at least 4 members (excludes halogenated alkanes) is 11. The van der Waals surface area contributed by atoms with Crippen LogP contribution in [0.2, 0.25) is 0 Å². The van der Waals surface area contributed by atoms with Crippen LogP contribution in [0.4, 0.5) is 4.79 Å². The third-order valence-electron chi connectivity index (χ3n) is 8.12. The van der Waals surface area contributed by atoms with Gasteiger partial charge in [-0.25, -0.2) is 4.79 Å². The number of carbonyl (C=O) groups excluding carboxylic acids is 1. The lowest BCUT2D eigenvalue weighted by atomic mass is 9.88. The van der Waals surface area contributed by atoms with Crippen LogP contribution in [0.15, 0.2) is 36.5 Å². The smallest absolute Gasteiger partial charge is 0.409 e. The molecule has 0 spiro atoms. The highest BCUT2D eigenvalue weighted by molar-refractivity contribution is 5.67.